The lowest BCUT2D eigenvalue weighted by molar-refractivity contribution is 1.02. The Kier molecular flexibility index (Phi) is 1.86. The van der Waals surface area contributed by atoms with Crippen LogP contribution < -0.4 is 11.5 Å². The fraction of sp³-hybridized carbons (Fsp3) is 0.125. The minimum Gasteiger partial charge on any atom is -0.385 e. The van der Waals surface area contributed by atoms with Crippen molar-refractivity contribution in [2.24, 2.45) is 5.73 Å². The van der Waals surface area contributed by atoms with Crippen molar-refractivity contribution in [1.82, 2.24) is 9.38 Å². The predicted molar refractivity (Wildman–Crippen MR) is 52.5 cm³/mol. The number of imidazole rings is 1. The molecule has 0 bridgehead atoms. The molecule has 2 aromatic heterocycles. The Morgan fingerprint density at radius 3 is 2.92 bits per heavy atom. The summed E-state index contributed by atoms with van der Waals surface area (Å²) in [7, 11) is 0. The molecule has 0 aromatic carbocycles. The van der Waals surface area contributed by atoms with Gasteiger partial charge in [0.25, 0.3) is 0 Å². The number of hydrogen-bond donors (Lipinski definition) is 2. The van der Waals surface area contributed by atoms with E-state index < -0.39 is 0 Å². The standard InChI is InChI=1S/C8H9ClN4/c9-5-1-7-6(3-10)12-4-13(7)8(11)2-5/h1-2,4H,3,10-11H2. The van der Waals surface area contributed by atoms with Crippen molar-refractivity contribution in [1.29, 1.82) is 0 Å². The van der Waals surface area contributed by atoms with E-state index in [9.17, 15) is 0 Å². The monoisotopic (exact) mass is 196 g/mol. The Labute approximate surface area is 80.1 Å². The molecule has 0 amide bonds. The highest BCUT2D eigenvalue weighted by Crippen LogP contribution is 2.19. The van der Waals surface area contributed by atoms with Gasteiger partial charge in [-0.1, -0.05) is 11.6 Å². The Bertz CT molecular complexity index is 449. The van der Waals surface area contributed by atoms with Gasteiger partial charge in [-0.15, -0.1) is 0 Å². The van der Waals surface area contributed by atoms with E-state index in [1.54, 1.807) is 22.9 Å². The molecule has 0 spiro atoms. The van der Waals surface area contributed by atoms with Crippen LogP contribution in [0.15, 0.2) is 18.5 Å². The second kappa shape index (κ2) is 2.90. The number of hydrogen-bond acceptors (Lipinski definition) is 3. The third-order valence-corrected chi connectivity index (χ3v) is 2.13. The molecule has 5 heteroatoms. The zero-order valence-electron chi connectivity index (χ0n) is 6.87. The number of fused-ring (bicyclic) bond motifs is 1. The normalized spacial score (nSPS) is 10.9. The van der Waals surface area contributed by atoms with E-state index in [0.29, 0.717) is 17.4 Å². The molecule has 0 aliphatic rings. The van der Waals surface area contributed by atoms with Gasteiger partial charge in [-0.25, -0.2) is 4.98 Å². The molecule has 0 radical (unpaired) electrons. The van der Waals surface area contributed by atoms with Gasteiger partial charge in [-0.2, -0.15) is 0 Å². The summed E-state index contributed by atoms with van der Waals surface area (Å²) in [6.45, 7) is 0.385. The van der Waals surface area contributed by atoms with E-state index >= 15 is 0 Å². The highest BCUT2D eigenvalue weighted by atomic mass is 35.5. The summed E-state index contributed by atoms with van der Waals surface area (Å²) < 4.78 is 1.76. The lowest BCUT2D eigenvalue weighted by atomic mass is 10.3. The maximum Gasteiger partial charge on any atom is 0.110 e. The van der Waals surface area contributed by atoms with Gasteiger partial charge in [0, 0.05) is 11.6 Å². The van der Waals surface area contributed by atoms with E-state index in [1.807, 2.05) is 0 Å². The van der Waals surface area contributed by atoms with E-state index in [2.05, 4.69) is 4.98 Å². The van der Waals surface area contributed by atoms with Crippen molar-refractivity contribution < 1.29 is 0 Å². The molecule has 0 atom stereocenters. The van der Waals surface area contributed by atoms with E-state index in [4.69, 9.17) is 23.1 Å². The summed E-state index contributed by atoms with van der Waals surface area (Å²) in [6.07, 6.45) is 1.64. The molecule has 4 nitrogen and oxygen atoms in total. The van der Waals surface area contributed by atoms with Crippen LogP contribution in [0.2, 0.25) is 5.02 Å². The predicted octanol–water partition coefficient (Wildman–Crippen LogP) is 1.03. The molecule has 0 saturated carbocycles. The quantitative estimate of drug-likeness (QED) is 0.716. The molecule has 2 heterocycles. The summed E-state index contributed by atoms with van der Waals surface area (Å²) in [5.41, 5.74) is 12.9. The molecule has 0 saturated heterocycles. The molecule has 0 aliphatic carbocycles. The number of pyridine rings is 1. The average molecular weight is 197 g/mol. The average Bonchev–Trinajstić information content (AvgIpc) is 2.47. The first-order valence-electron chi connectivity index (χ1n) is 3.83. The zero-order chi connectivity index (χ0) is 9.42. The summed E-state index contributed by atoms with van der Waals surface area (Å²) in [5.74, 6) is 0.565. The molecule has 13 heavy (non-hydrogen) atoms. The van der Waals surface area contributed by atoms with Gasteiger partial charge >= 0.3 is 0 Å². The molecule has 68 valence electrons. The number of rotatable bonds is 1. The lowest BCUT2D eigenvalue weighted by Crippen LogP contribution is -1.99. The molecule has 0 fully saturated rings. The molecule has 0 unspecified atom stereocenters. The van der Waals surface area contributed by atoms with Crippen LogP contribution in [0.3, 0.4) is 0 Å². The third kappa shape index (κ3) is 1.24. The van der Waals surface area contributed by atoms with Crippen LogP contribution >= 0.6 is 11.6 Å². The smallest absolute Gasteiger partial charge is 0.110 e. The van der Waals surface area contributed by atoms with Crippen molar-refractivity contribution in [2.45, 2.75) is 6.54 Å². The fourth-order valence-electron chi connectivity index (χ4n) is 1.29. The van der Waals surface area contributed by atoms with Gasteiger partial charge < -0.3 is 11.5 Å². The topological polar surface area (TPSA) is 69.3 Å². The van der Waals surface area contributed by atoms with Gasteiger partial charge in [0.2, 0.25) is 0 Å². The van der Waals surface area contributed by atoms with Crippen molar-refractivity contribution in [3.63, 3.8) is 0 Å². The Morgan fingerprint density at radius 1 is 1.46 bits per heavy atom. The van der Waals surface area contributed by atoms with Crippen LogP contribution in [0.5, 0.6) is 0 Å². The number of anilines is 1. The van der Waals surface area contributed by atoms with Gasteiger partial charge in [0.05, 0.1) is 11.2 Å². The zero-order valence-corrected chi connectivity index (χ0v) is 7.62. The lowest BCUT2D eigenvalue weighted by Gasteiger charge is -2.00. The van der Waals surface area contributed by atoms with E-state index in [1.165, 1.54) is 0 Å². The SMILES string of the molecule is NCc1ncn2c(N)cc(Cl)cc12. The number of nitrogen functional groups attached to an aromatic ring is 1. The van der Waals surface area contributed by atoms with Crippen molar-refractivity contribution in [2.75, 3.05) is 5.73 Å². The van der Waals surface area contributed by atoms with Crippen molar-refractivity contribution in [3.05, 3.63) is 29.2 Å². The van der Waals surface area contributed by atoms with Gasteiger partial charge in [0.1, 0.15) is 12.1 Å². The minimum atomic E-state index is 0.385. The van der Waals surface area contributed by atoms with Crippen LogP contribution in [0.1, 0.15) is 5.69 Å². The fourth-order valence-corrected chi connectivity index (χ4v) is 1.51. The molecule has 2 aromatic rings. The second-order valence-electron chi connectivity index (χ2n) is 2.75. The first kappa shape index (κ1) is 8.34. The number of nitrogens with two attached hydrogens (primary N) is 2. The van der Waals surface area contributed by atoms with Crippen LogP contribution in [0.4, 0.5) is 5.82 Å². The first-order valence-corrected chi connectivity index (χ1v) is 4.21. The minimum absolute atomic E-state index is 0.385. The second-order valence-corrected chi connectivity index (χ2v) is 3.19. The van der Waals surface area contributed by atoms with Crippen LogP contribution in [0, 0.1) is 0 Å². The van der Waals surface area contributed by atoms with Crippen molar-refractivity contribution >= 4 is 22.9 Å². The Balaban J connectivity index is 2.82. The number of nitrogens with zero attached hydrogens (tertiary/aromatic N) is 2. The highest BCUT2D eigenvalue weighted by molar-refractivity contribution is 6.31. The van der Waals surface area contributed by atoms with Gasteiger partial charge in [0.15, 0.2) is 0 Å². The molecular formula is C8H9ClN4. The third-order valence-electron chi connectivity index (χ3n) is 1.92. The molecule has 2 rings (SSSR count). The number of halogens is 1. The summed E-state index contributed by atoms with van der Waals surface area (Å²) >= 11 is 5.85. The Morgan fingerprint density at radius 2 is 2.23 bits per heavy atom. The summed E-state index contributed by atoms with van der Waals surface area (Å²) in [6, 6.07) is 3.48. The van der Waals surface area contributed by atoms with Crippen LogP contribution in [0.25, 0.3) is 5.52 Å². The Hall–Kier alpha value is -1.26. The van der Waals surface area contributed by atoms with Gasteiger partial charge in [-0.3, -0.25) is 4.40 Å². The molecular weight excluding hydrogens is 188 g/mol. The van der Waals surface area contributed by atoms with Crippen LogP contribution in [-0.4, -0.2) is 9.38 Å². The maximum absolute atomic E-state index is 5.85. The molecule has 4 N–H and O–H groups in total. The largest absolute Gasteiger partial charge is 0.385 e. The van der Waals surface area contributed by atoms with Crippen molar-refractivity contribution in [3.8, 4) is 0 Å². The summed E-state index contributed by atoms with van der Waals surface area (Å²) in [5, 5.41) is 0.597. The van der Waals surface area contributed by atoms with E-state index in [-0.39, 0.29) is 0 Å². The van der Waals surface area contributed by atoms with Crippen LogP contribution in [-0.2, 0) is 6.54 Å². The molecule has 0 aliphatic heterocycles. The summed E-state index contributed by atoms with van der Waals surface area (Å²) in [4.78, 5) is 4.12. The van der Waals surface area contributed by atoms with E-state index in [0.717, 1.165) is 11.2 Å². The maximum atomic E-state index is 5.85. The van der Waals surface area contributed by atoms with Gasteiger partial charge in [-0.05, 0) is 12.1 Å². The first-order chi connectivity index (χ1) is 6.22. The number of aromatic nitrogens is 2. The highest BCUT2D eigenvalue weighted by Gasteiger charge is 2.05.